The number of carbonyl (C=O) groups is 1. The van der Waals surface area contributed by atoms with Gasteiger partial charge in [-0.3, -0.25) is 4.79 Å². The number of hydrogen-bond acceptors (Lipinski definition) is 2. The van der Waals surface area contributed by atoms with E-state index in [9.17, 15) is 4.79 Å². The zero-order chi connectivity index (χ0) is 15.1. The maximum Gasteiger partial charge on any atom is 0.256 e. The van der Waals surface area contributed by atoms with E-state index >= 15 is 0 Å². The lowest BCUT2D eigenvalue weighted by Crippen LogP contribution is -2.03. The van der Waals surface area contributed by atoms with Gasteiger partial charge in [0.05, 0.1) is 12.7 Å². The minimum atomic E-state index is -0.0594. The molecule has 0 unspecified atom stereocenters. The summed E-state index contributed by atoms with van der Waals surface area (Å²) in [5.74, 6) is 0.697. The smallest absolute Gasteiger partial charge is 0.256 e. The molecule has 2 N–H and O–H groups in total. The second-order valence-corrected chi connectivity index (χ2v) is 5.86. The Kier molecular flexibility index (Phi) is 3.03. The van der Waals surface area contributed by atoms with E-state index < -0.39 is 0 Å². The first kappa shape index (κ1) is 13.2. The Labute approximate surface area is 129 Å². The minimum absolute atomic E-state index is 0.0594. The van der Waals surface area contributed by atoms with Crippen LogP contribution in [0.1, 0.15) is 35.4 Å². The molecule has 0 atom stereocenters. The molecule has 0 radical (unpaired) electrons. The van der Waals surface area contributed by atoms with E-state index in [4.69, 9.17) is 4.74 Å². The molecule has 1 aliphatic carbocycles. The Morgan fingerprint density at radius 1 is 1.18 bits per heavy atom. The third-order valence-electron chi connectivity index (χ3n) is 4.45. The van der Waals surface area contributed by atoms with Gasteiger partial charge in [0.15, 0.2) is 0 Å². The molecular formula is C18H18N2O2. The lowest BCUT2D eigenvalue weighted by molar-refractivity contribution is -0.110. The third kappa shape index (κ3) is 2.11. The summed E-state index contributed by atoms with van der Waals surface area (Å²) in [6.07, 6.45) is 6.67. The SMILES string of the molecule is COc1ccc2c(c1)/C(=C/c1cc3c([nH]1)CCCC3)C(=O)N2. The third-order valence-corrected chi connectivity index (χ3v) is 4.45. The van der Waals surface area contributed by atoms with Crippen molar-refractivity contribution in [3.63, 3.8) is 0 Å². The summed E-state index contributed by atoms with van der Waals surface area (Å²) in [7, 11) is 1.63. The topological polar surface area (TPSA) is 54.1 Å². The largest absolute Gasteiger partial charge is 0.497 e. The number of methoxy groups -OCH3 is 1. The van der Waals surface area contributed by atoms with Gasteiger partial charge in [0, 0.05) is 22.6 Å². The molecule has 4 rings (SSSR count). The average Bonchev–Trinajstić information content (AvgIpc) is 3.08. The lowest BCUT2D eigenvalue weighted by Gasteiger charge is -2.08. The van der Waals surface area contributed by atoms with Gasteiger partial charge in [0.2, 0.25) is 0 Å². The summed E-state index contributed by atoms with van der Waals surface area (Å²) >= 11 is 0. The fourth-order valence-electron chi connectivity index (χ4n) is 3.30. The zero-order valence-electron chi connectivity index (χ0n) is 12.5. The van der Waals surface area contributed by atoms with Gasteiger partial charge in [0.1, 0.15) is 5.75 Å². The molecule has 1 aliphatic heterocycles. The molecule has 1 amide bonds. The maximum atomic E-state index is 12.2. The quantitative estimate of drug-likeness (QED) is 0.834. The van der Waals surface area contributed by atoms with Gasteiger partial charge < -0.3 is 15.0 Å². The number of nitrogens with one attached hydrogen (secondary N) is 2. The average molecular weight is 294 g/mol. The molecule has 112 valence electrons. The van der Waals surface area contributed by atoms with Crippen LogP contribution in [0.25, 0.3) is 11.6 Å². The van der Waals surface area contributed by atoms with E-state index in [-0.39, 0.29) is 5.91 Å². The molecule has 0 bridgehead atoms. The van der Waals surface area contributed by atoms with Gasteiger partial charge in [-0.25, -0.2) is 0 Å². The Hall–Kier alpha value is -2.49. The summed E-state index contributed by atoms with van der Waals surface area (Å²) in [6, 6.07) is 7.82. The van der Waals surface area contributed by atoms with Crippen LogP contribution in [0.2, 0.25) is 0 Å². The molecule has 0 saturated carbocycles. The molecule has 1 aromatic carbocycles. The summed E-state index contributed by atoms with van der Waals surface area (Å²) in [4.78, 5) is 15.7. The fourth-order valence-corrected chi connectivity index (χ4v) is 3.30. The Balaban J connectivity index is 1.76. The predicted molar refractivity (Wildman–Crippen MR) is 86.9 cm³/mol. The van der Waals surface area contributed by atoms with Crippen molar-refractivity contribution in [2.45, 2.75) is 25.7 Å². The lowest BCUT2D eigenvalue weighted by atomic mass is 9.98. The highest BCUT2D eigenvalue weighted by molar-refractivity contribution is 6.34. The zero-order valence-corrected chi connectivity index (χ0v) is 12.5. The van der Waals surface area contributed by atoms with E-state index in [1.54, 1.807) is 7.11 Å². The minimum Gasteiger partial charge on any atom is -0.497 e. The van der Waals surface area contributed by atoms with Crippen LogP contribution in [-0.2, 0) is 17.6 Å². The first-order valence-corrected chi connectivity index (χ1v) is 7.67. The van der Waals surface area contributed by atoms with Crippen molar-refractivity contribution >= 4 is 23.2 Å². The van der Waals surface area contributed by atoms with Crippen LogP contribution in [0.15, 0.2) is 24.3 Å². The van der Waals surface area contributed by atoms with Crippen LogP contribution in [0.5, 0.6) is 5.75 Å². The van der Waals surface area contributed by atoms with E-state index in [0.29, 0.717) is 5.57 Å². The highest BCUT2D eigenvalue weighted by atomic mass is 16.5. The van der Waals surface area contributed by atoms with Gasteiger partial charge in [-0.2, -0.15) is 0 Å². The van der Waals surface area contributed by atoms with Crippen molar-refractivity contribution in [3.8, 4) is 5.75 Å². The van der Waals surface area contributed by atoms with Gasteiger partial charge in [0.25, 0.3) is 5.91 Å². The number of amides is 1. The van der Waals surface area contributed by atoms with Gasteiger partial charge in [-0.15, -0.1) is 0 Å². The number of hydrogen-bond donors (Lipinski definition) is 2. The van der Waals surface area contributed by atoms with Crippen LogP contribution < -0.4 is 10.1 Å². The van der Waals surface area contributed by atoms with Gasteiger partial charge in [-0.05, 0) is 61.6 Å². The summed E-state index contributed by atoms with van der Waals surface area (Å²) in [5.41, 5.74) is 6.15. The Morgan fingerprint density at radius 3 is 2.86 bits per heavy atom. The molecule has 0 saturated heterocycles. The number of ether oxygens (including phenoxy) is 1. The van der Waals surface area contributed by atoms with Crippen molar-refractivity contribution in [1.29, 1.82) is 0 Å². The highest BCUT2D eigenvalue weighted by Gasteiger charge is 2.25. The number of aryl methyl sites for hydroxylation is 2. The number of anilines is 1. The number of aromatic amines is 1. The van der Waals surface area contributed by atoms with E-state index in [1.165, 1.54) is 24.1 Å². The van der Waals surface area contributed by atoms with E-state index in [1.807, 2.05) is 24.3 Å². The van der Waals surface area contributed by atoms with Crippen LogP contribution in [0, 0.1) is 0 Å². The molecule has 2 aliphatic rings. The second-order valence-electron chi connectivity index (χ2n) is 5.86. The number of benzene rings is 1. The predicted octanol–water partition coefficient (Wildman–Crippen LogP) is 3.39. The van der Waals surface area contributed by atoms with Crippen LogP contribution in [-0.4, -0.2) is 18.0 Å². The number of H-pyrrole nitrogens is 1. The molecule has 1 aromatic heterocycles. The van der Waals surface area contributed by atoms with Crippen LogP contribution in [0.4, 0.5) is 5.69 Å². The van der Waals surface area contributed by atoms with Crippen molar-refractivity contribution in [3.05, 3.63) is 46.8 Å². The Bertz CT molecular complexity index is 763. The standard InChI is InChI=1S/C18H18N2O2/c1-22-13-6-7-17-14(10-13)15(18(21)20-17)9-12-8-11-4-2-3-5-16(11)19-12/h6-10,19H,2-5H2,1H3,(H,20,21)/b15-9-. The van der Waals surface area contributed by atoms with Crippen molar-refractivity contribution < 1.29 is 9.53 Å². The molecule has 4 nitrogen and oxygen atoms in total. The Morgan fingerprint density at radius 2 is 2.05 bits per heavy atom. The first-order chi connectivity index (χ1) is 10.7. The maximum absolute atomic E-state index is 12.2. The molecule has 22 heavy (non-hydrogen) atoms. The summed E-state index contributed by atoms with van der Waals surface area (Å²) in [6.45, 7) is 0. The van der Waals surface area contributed by atoms with E-state index in [2.05, 4.69) is 16.4 Å². The molecule has 0 fully saturated rings. The highest BCUT2D eigenvalue weighted by Crippen LogP contribution is 2.36. The van der Waals surface area contributed by atoms with Crippen LogP contribution >= 0.6 is 0 Å². The monoisotopic (exact) mass is 294 g/mol. The second kappa shape index (κ2) is 5.05. The molecule has 2 heterocycles. The molecule has 0 spiro atoms. The van der Waals surface area contributed by atoms with E-state index in [0.717, 1.165) is 35.5 Å². The van der Waals surface area contributed by atoms with Crippen molar-refractivity contribution in [2.24, 2.45) is 0 Å². The fraction of sp³-hybridized carbons (Fsp3) is 0.278. The van der Waals surface area contributed by atoms with Gasteiger partial charge in [-0.1, -0.05) is 0 Å². The van der Waals surface area contributed by atoms with Crippen molar-refractivity contribution in [1.82, 2.24) is 4.98 Å². The first-order valence-electron chi connectivity index (χ1n) is 7.67. The van der Waals surface area contributed by atoms with Crippen molar-refractivity contribution in [2.75, 3.05) is 12.4 Å². The molecule has 4 heteroatoms. The van der Waals surface area contributed by atoms with Gasteiger partial charge >= 0.3 is 0 Å². The normalized spacial score (nSPS) is 18.0. The molecular weight excluding hydrogens is 276 g/mol. The summed E-state index contributed by atoms with van der Waals surface area (Å²) in [5, 5.41) is 2.90. The number of fused-ring (bicyclic) bond motifs is 2. The summed E-state index contributed by atoms with van der Waals surface area (Å²) < 4.78 is 5.27. The molecule has 2 aromatic rings. The number of aromatic nitrogens is 1. The van der Waals surface area contributed by atoms with Crippen LogP contribution in [0.3, 0.4) is 0 Å². The number of rotatable bonds is 2. The number of carbonyl (C=O) groups excluding carboxylic acids is 1.